The summed E-state index contributed by atoms with van der Waals surface area (Å²) in [6, 6.07) is 7.44. The second-order valence-corrected chi connectivity index (χ2v) is 8.37. The monoisotopic (exact) mass is 429 g/mol. The minimum absolute atomic E-state index is 0.0605. The molecular weight excluding hydrogens is 406 g/mol. The molecule has 1 saturated heterocycles. The van der Waals surface area contributed by atoms with Crippen LogP contribution in [-0.2, 0) is 14.4 Å². The number of hydrogen-bond donors (Lipinski definition) is 1. The van der Waals surface area contributed by atoms with Crippen LogP contribution >= 0.6 is 11.8 Å². The summed E-state index contributed by atoms with van der Waals surface area (Å²) in [6.07, 6.45) is 5.50. The van der Waals surface area contributed by atoms with Crippen LogP contribution in [0.15, 0.2) is 35.7 Å². The Balaban J connectivity index is 1.51. The molecule has 1 aromatic heterocycles. The third-order valence-electron chi connectivity index (χ3n) is 5.65. The Labute approximate surface area is 178 Å². The zero-order valence-corrected chi connectivity index (χ0v) is 17.5. The van der Waals surface area contributed by atoms with Crippen molar-refractivity contribution in [3.63, 3.8) is 0 Å². The first kappa shape index (κ1) is 20.4. The Kier molecular flexibility index (Phi) is 5.76. The smallest absolute Gasteiger partial charge is 0.252 e. The first-order valence-electron chi connectivity index (χ1n) is 9.85. The fraction of sp³-hybridized carbons (Fsp3) is 0.450. The van der Waals surface area contributed by atoms with Gasteiger partial charge in [-0.25, -0.2) is 0 Å². The van der Waals surface area contributed by atoms with E-state index in [9.17, 15) is 14.4 Å². The van der Waals surface area contributed by atoms with E-state index in [1.54, 1.807) is 18.0 Å². The van der Waals surface area contributed by atoms with Crippen LogP contribution in [0.25, 0.3) is 5.69 Å². The number of carbonyl (C=O) groups excluding carboxylic acids is 3. The van der Waals surface area contributed by atoms with Crippen molar-refractivity contribution in [3.8, 4) is 11.4 Å². The lowest BCUT2D eigenvalue weighted by atomic mass is 9.78. The Hall–Kier alpha value is -2.88. The van der Waals surface area contributed by atoms with Crippen LogP contribution in [-0.4, -0.2) is 62.3 Å². The van der Waals surface area contributed by atoms with Crippen molar-refractivity contribution < 1.29 is 19.1 Å². The van der Waals surface area contributed by atoms with Crippen LogP contribution in [0.1, 0.15) is 32.1 Å². The van der Waals surface area contributed by atoms with E-state index in [1.165, 1.54) is 16.7 Å². The molecule has 1 N–H and O–H groups in total. The minimum Gasteiger partial charge on any atom is -0.497 e. The molecule has 1 saturated carbocycles. The quantitative estimate of drug-likeness (QED) is 0.568. The van der Waals surface area contributed by atoms with Crippen molar-refractivity contribution >= 4 is 29.5 Å². The number of ether oxygens (including phenoxy) is 1. The van der Waals surface area contributed by atoms with E-state index in [2.05, 4.69) is 15.5 Å². The lowest BCUT2D eigenvalue weighted by molar-refractivity contribution is -0.158. The molecular formula is C20H23N5O4S. The summed E-state index contributed by atoms with van der Waals surface area (Å²) in [5.74, 6) is -0.272. The number of aromatic nitrogens is 3. The van der Waals surface area contributed by atoms with Crippen LogP contribution < -0.4 is 10.1 Å². The van der Waals surface area contributed by atoms with Gasteiger partial charge in [0.2, 0.25) is 11.8 Å². The van der Waals surface area contributed by atoms with Crippen molar-refractivity contribution in [2.24, 2.45) is 0 Å². The zero-order valence-electron chi connectivity index (χ0n) is 16.7. The molecule has 9 nitrogen and oxygen atoms in total. The number of hydrogen-bond acceptors (Lipinski definition) is 7. The molecule has 0 bridgehead atoms. The Morgan fingerprint density at radius 3 is 2.83 bits per heavy atom. The highest BCUT2D eigenvalue weighted by Gasteiger charge is 2.50. The highest BCUT2D eigenvalue weighted by molar-refractivity contribution is 7.99. The number of benzene rings is 1. The highest BCUT2D eigenvalue weighted by atomic mass is 32.2. The van der Waals surface area contributed by atoms with Gasteiger partial charge in [0, 0.05) is 6.07 Å². The zero-order chi connectivity index (χ0) is 21.1. The fourth-order valence-corrected chi connectivity index (χ4v) is 4.93. The van der Waals surface area contributed by atoms with Gasteiger partial charge < -0.3 is 9.64 Å². The van der Waals surface area contributed by atoms with Gasteiger partial charge in [0.05, 0.1) is 18.6 Å². The summed E-state index contributed by atoms with van der Waals surface area (Å²) in [5, 5.41) is 11.0. The van der Waals surface area contributed by atoms with Crippen LogP contribution in [0.3, 0.4) is 0 Å². The molecule has 30 heavy (non-hydrogen) atoms. The van der Waals surface area contributed by atoms with Gasteiger partial charge in [-0.1, -0.05) is 37.1 Å². The molecule has 1 spiro atoms. The summed E-state index contributed by atoms with van der Waals surface area (Å²) in [5.41, 5.74) is -0.102. The third kappa shape index (κ3) is 3.79. The number of rotatable bonds is 5. The van der Waals surface area contributed by atoms with Gasteiger partial charge in [-0.15, -0.1) is 10.2 Å². The van der Waals surface area contributed by atoms with E-state index in [1.807, 2.05) is 24.3 Å². The minimum atomic E-state index is -0.912. The van der Waals surface area contributed by atoms with Crippen molar-refractivity contribution in [2.75, 3.05) is 19.4 Å². The van der Waals surface area contributed by atoms with E-state index >= 15 is 0 Å². The lowest BCUT2D eigenvalue weighted by Crippen LogP contribution is -2.69. The number of imide groups is 1. The number of methoxy groups -OCH3 is 1. The molecule has 0 unspecified atom stereocenters. The number of thioether (sulfide) groups is 1. The van der Waals surface area contributed by atoms with Crippen molar-refractivity contribution in [3.05, 3.63) is 30.6 Å². The molecule has 10 heteroatoms. The molecule has 1 aromatic carbocycles. The number of amides is 3. The number of nitrogens with zero attached hydrogens (tertiary/aromatic N) is 4. The van der Waals surface area contributed by atoms with Gasteiger partial charge in [-0.2, -0.15) is 0 Å². The van der Waals surface area contributed by atoms with Gasteiger partial charge >= 0.3 is 0 Å². The highest BCUT2D eigenvalue weighted by Crippen LogP contribution is 2.36. The molecule has 0 radical (unpaired) electrons. The van der Waals surface area contributed by atoms with Crippen LogP contribution in [0.2, 0.25) is 0 Å². The number of piperazine rings is 1. The van der Waals surface area contributed by atoms with Gasteiger partial charge in [0.1, 0.15) is 24.2 Å². The van der Waals surface area contributed by atoms with E-state index in [-0.39, 0.29) is 24.1 Å². The molecule has 1 aliphatic heterocycles. The first-order chi connectivity index (χ1) is 14.5. The predicted octanol–water partition coefficient (Wildman–Crippen LogP) is 1.56. The van der Waals surface area contributed by atoms with Crippen molar-refractivity contribution in [1.82, 2.24) is 25.0 Å². The number of carbonyl (C=O) groups is 3. The Bertz CT molecular complexity index is 970. The standard InChI is InChI=1S/C20H23N5O4S/c1-29-15-7-5-6-14(10-15)24-13-21-23-19(24)30-12-17(27)25-11-16(26)22-18(28)20(25)8-3-2-4-9-20/h5-7,10,13H,2-4,8-9,11-12H2,1H3,(H,22,26,28). The maximum atomic E-state index is 13.1. The summed E-state index contributed by atoms with van der Waals surface area (Å²) in [7, 11) is 1.59. The maximum absolute atomic E-state index is 13.1. The molecule has 2 aliphatic rings. The third-order valence-corrected chi connectivity index (χ3v) is 6.58. The van der Waals surface area contributed by atoms with Gasteiger partial charge in [0.25, 0.3) is 5.91 Å². The summed E-state index contributed by atoms with van der Waals surface area (Å²) >= 11 is 1.23. The molecule has 2 fully saturated rings. The average Bonchev–Trinajstić information content (AvgIpc) is 3.24. The maximum Gasteiger partial charge on any atom is 0.252 e. The lowest BCUT2D eigenvalue weighted by Gasteiger charge is -2.47. The average molecular weight is 430 g/mol. The van der Waals surface area contributed by atoms with E-state index in [0.717, 1.165) is 24.9 Å². The van der Waals surface area contributed by atoms with Gasteiger partial charge in [-0.3, -0.25) is 24.3 Å². The van der Waals surface area contributed by atoms with Crippen LogP contribution in [0.5, 0.6) is 5.75 Å². The molecule has 1 aliphatic carbocycles. The van der Waals surface area contributed by atoms with Gasteiger partial charge in [0.15, 0.2) is 5.16 Å². The molecule has 0 atom stereocenters. The summed E-state index contributed by atoms with van der Waals surface area (Å²) in [6.45, 7) is -0.0896. The van der Waals surface area contributed by atoms with Crippen LogP contribution in [0, 0.1) is 0 Å². The largest absolute Gasteiger partial charge is 0.497 e. The van der Waals surface area contributed by atoms with Crippen LogP contribution in [0.4, 0.5) is 0 Å². The SMILES string of the molecule is COc1cccc(-n2cnnc2SCC(=O)N2CC(=O)NC(=O)C23CCCCC3)c1. The van der Waals surface area contributed by atoms with Crippen molar-refractivity contribution in [1.29, 1.82) is 0 Å². The van der Waals surface area contributed by atoms with E-state index < -0.39 is 11.4 Å². The topological polar surface area (TPSA) is 106 Å². The van der Waals surface area contributed by atoms with Crippen molar-refractivity contribution in [2.45, 2.75) is 42.8 Å². The van der Waals surface area contributed by atoms with E-state index in [0.29, 0.717) is 23.7 Å². The Morgan fingerprint density at radius 1 is 1.27 bits per heavy atom. The first-order valence-corrected chi connectivity index (χ1v) is 10.8. The fourth-order valence-electron chi connectivity index (χ4n) is 4.13. The molecule has 2 aromatic rings. The Morgan fingerprint density at radius 2 is 2.07 bits per heavy atom. The normalized spacial score (nSPS) is 18.4. The summed E-state index contributed by atoms with van der Waals surface area (Å²) < 4.78 is 7.03. The number of nitrogens with one attached hydrogen (secondary N) is 1. The second kappa shape index (κ2) is 8.47. The molecule has 158 valence electrons. The van der Waals surface area contributed by atoms with E-state index in [4.69, 9.17) is 4.74 Å². The second-order valence-electron chi connectivity index (χ2n) is 7.42. The molecule has 2 heterocycles. The molecule has 4 rings (SSSR count). The molecule has 3 amide bonds. The summed E-state index contributed by atoms with van der Waals surface area (Å²) in [4.78, 5) is 39.2. The predicted molar refractivity (Wildman–Crippen MR) is 109 cm³/mol. The van der Waals surface area contributed by atoms with Gasteiger partial charge in [-0.05, 0) is 25.0 Å².